The van der Waals surface area contributed by atoms with Crippen LogP contribution in [0, 0.1) is 0 Å². The van der Waals surface area contributed by atoms with Gasteiger partial charge in [-0.25, -0.2) is 0 Å². The van der Waals surface area contributed by atoms with E-state index in [1.165, 1.54) is 5.56 Å². The van der Waals surface area contributed by atoms with Crippen molar-refractivity contribution in [2.24, 2.45) is 7.05 Å². The molecule has 20 heavy (non-hydrogen) atoms. The first-order chi connectivity index (χ1) is 9.67. The van der Waals surface area contributed by atoms with Crippen molar-refractivity contribution in [2.75, 3.05) is 13.6 Å². The maximum atomic E-state index is 4.67. The lowest BCUT2D eigenvalue weighted by Crippen LogP contribution is -2.19. The number of aryl methyl sites for hydroxylation is 1. The molecular formula is C15H23N5. The van der Waals surface area contributed by atoms with Crippen LogP contribution in [-0.2, 0) is 26.7 Å². The molecule has 0 amide bonds. The Kier molecular flexibility index (Phi) is 5.26. The summed E-state index contributed by atoms with van der Waals surface area (Å²) in [5, 5.41) is 7.49. The number of nitrogens with zero attached hydrogens (tertiary/aromatic N) is 4. The van der Waals surface area contributed by atoms with Gasteiger partial charge >= 0.3 is 0 Å². The van der Waals surface area contributed by atoms with Gasteiger partial charge in [-0.05, 0) is 25.7 Å². The van der Waals surface area contributed by atoms with E-state index in [0.717, 1.165) is 37.6 Å². The molecule has 0 atom stereocenters. The molecule has 1 N–H and O–H groups in total. The summed E-state index contributed by atoms with van der Waals surface area (Å²) in [5.41, 5.74) is 3.42. The third-order valence-electron chi connectivity index (χ3n) is 3.06. The Morgan fingerprint density at radius 2 is 2.05 bits per heavy atom. The number of aromatic nitrogens is 3. The van der Waals surface area contributed by atoms with Gasteiger partial charge in [0.2, 0.25) is 0 Å². The number of hydrogen-bond donors (Lipinski definition) is 1. The Bertz CT molecular complexity index is 535. The molecule has 5 heteroatoms. The van der Waals surface area contributed by atoms with Crippen LogP contribution >= 0.6 is 0 Å². The lowest BCUT2D eigenvalue weighted by Gasteiger charge is -2.15. The predicted octanol–water partition coefficient (Wildman–Crippen LogP) is 1.56. The van der Waals surface area contributed by atoms with E-state index in [1.54, 1.807) is 0 Å². The van der Waals surface area contributed by atoms with Crippen LogP contribution in [0.4, 0.5) is 0 Å². The zero-order valence-corrected chi connectivity index (χ0v) is 12.5. The van der Waals surface area contributed by atoms with E-state index in [-0.39, 0.29) is 0 Å². The van der Waals surface area contributed by atoms with Crippen LogP contribution in [0.5, 0.6) is 0 Å². The minimum Gasteiger partial charge on any atom is -0.311 e. The SMILES string of the molecule is CCNCc1cccc(CN(C)Cc2cnn(C)c2)n1. The molecule has 0 fully saturated rings. The minimum atomic E-state index is 0.830. The second kappa shape index (κ2) is 7.17. The molecule has 2 heterocycles. The second-order valence-corrected chi connectivity index (χ2v) is 5.10. The van der Waals surface area contributed by atoms with Crippen LogP contribution in [0.3, 0.4) is 0 Å². The van der Waals surface area contributed by atoms with Crippen molar-refractivity contribution in [1.82, 2.24) is 25.0 Å². The molecule has 2 rings (SSSR count). The molecule has 0 saturated carbocycles. The molecule has 0 unspecified atom stereocenters. The third kappa shape index (κ3) is 4.43. The lowest BCUT2D eigenvalue weighted by molar-refractivity contribution is 0.314. The van der Waals surface area contributed by atoms with E-state index in [1.807, 2.05) is 24.1 Å². The van der Waals surface area contributed by atoms with Gasteiger partial charge in [-0.15, -0.1) is 0 Å². The largest absolute Gasteiger partial charge is 0.311 e. The van der Waals surface area contributed by atoms with E-state index >= 15 is 0 Å². The summed E-state index contributed by atoms with van der Waals surface area (Å²) >= 11 is 0. The van der Waals surface area contributed by atoms with E-state index < -0.39 is 0 Å². The molecule has 0 aliphatic heterocycles. The Morgan fingerprint density at radius 3 is 2.75 bits per heavy atom. The van der Waals surface area contributed by atoms with Crippen LogP contribution in [0.1, 0.15) is 23.9 Å². The fourth-order valence-electron chi connectivity index (χ4n) is 2.17. The molecule has 2 aromatic heterocycles. The molecule has 0 aliphatic rings. The molecule has 5 nitrogen and oxygen atoms in total. The highest BCUT2D eigenvalue weighted by molar-refractivity contribution is 5.11. The number of nitrogens with one attached hydrogen (secondary N) is 1. The Morgan fingerprint density at radius 1 is 1.25 bits per heavy atom. The van der Waals surface area contributed by atoms with Gasteiger partial charge in [0.25, 0.3) is 0 Å². The van der Waals surface area contributed by atoms with Crippen LogP contribution in [0.2, 0.25) is 0 Å². The first-order valence-corrected chi connectivity index (χ1v) is 6.99. The van der Waals surface area contributed by atoms with Gasteiger partial charge in [0.05, 0.1) is 17.6 Å². The van der Waals surface area contributed by atoms with Gasteiger partial charge in [-0.2, -0.15) is 5.10 Å². The average Bonchev–Trinajstić information content (AvgIpc) is 2.82. The monoisotopic (exact) mass is 273 g/mol. The fourth-order valence-corrected chi connectivity index (χ4v) is 2.17. The van der Waals surface area contributed by atoms with Crippen LogP contribution in [0.25, 0.3) is 0 Å². The zero-order chi connectivity index (χ0) is 14.4. The summed E-state index contributed by atoms with van der Waals surface area (Å²) in [5.74, 6) is 0. The molecule has 108 valence electrons. The number of pyridine rings is 1. The maximum absolute atomic E-state index is 4.67. The van der Waals surface area contributed by atoms with E-state index in [9.17, 15) is 0 Å². The first kappa shape index (κ1) is 14.7. The summed E-state index contributed by atoms with van der Waals surface area (Å²) in [6, 6.07) is 6.22. The molecule has 0 saturated heterocycles. The van der Waals surface area contributed by atoms with Crippen molar-refractivity contribution in [3.63, 3.8) is 0 Å². The third-order valence-corrected chi connectivity index (χ3v) is 3.06. The topological polar surface area (TPSA) is 46.0 Å². The Balaban J connectivity index is 1.91. The molecule has 0 radical (unpaired) electrons. The molecular weight excluding hydrogens is 250 g/mol. The van der Waals surface area contributed by atoms with Crippen molar-refractivity contribution in [3.8, 4) is 0 Å². The van der Waals surface area contributed by atoms with Crippen LogP contribution in [-0.4, -0.2) is 33.3 Å². The highest BCUT2D eigenvalue weighted by Crippen LogP contribution is 2.06. The van der Waals surface area contributed by atoms with E-state index in [4.69, 9.17) is 0 Å². The summed E-state index contributed by atoms with van der Waals surface area (Å²) in [6.45, 7) is 5.62. The quantitative estimate of drug-likeness (QED) is 0.831. The van der Waals surface area contributed by atoms with Crippen LogP contribution < -0.4 is 5.32 Å². The van der Waals surface area contributed by atoms with Gasteiger partial charge in [-0.1, -0.05) is 13.0 Å². The Labute approximate surface area is 120 Å². The highest BCUT2D eigenvalue weighted by atomic mass is 15.2. The van der Waals surface area contributed by atoms with E-state index in [2.05, 4.69) is 52.5 Å². The van der Waals surface area contributed by atoms with Crippen molar-refractivity contribution in [3.05, 3.63) is 47.5 Å². The number of rotatable bonds is 7. The molecule has 0 bridgehead atoms. The average molecular weight is 273 g/mol. The zero-order valence-electron chi connectivity index (χ0n) is 12.5. The lowest BCUT2D eigenvalue weighted by atomic mass is 10.2. The summed E-state index contributed by atoms with van der Waals surface area (Å²) in [6.07, 6.45) is 3.96. The standard InChI is InChI=1S/C15H23N5/c1-4-16-9-14-6-5-7-15(18-14)12-19(2)10-13-8-17-20(3)11-13/h5-8,11,16H,4,9-10,12H2,1-3H3. The summed E-state index contributed by atoms with van der Waals surface area (Å²) < 4.78 is 1.83. The number of hydrogen-bond acceptors (Lipinski definition) is 4. The molecule has 2 aromatic rings. The van der Waals surface area contributed by atoms with Gasteiger partial charge in [0, 0.05) is 38.4 Å². The van der Waals surface area contributed by atoms with Gasteiger partial charge in [0.1, 0.15) is 0 Å². The highest BCUT2D eigenvalue weighted by Gasteiger charge is 2.05. The fraction of sp³-hybridized carbons (Fsp3) is 0.467. The van der Waals surface area contributed by atoms with Gasteiger partial charge in [-0.3, -0.25) is 14.6 Å². The maximum Gasteiger partial charge on any atom is 0.0547 e. The van der Waals surface area contributed by atoms with Gasteiger partial charge in [0.15, 0.2) is 0 Å². The minimum absolute atomic E-state index is 0.830. The van der Waals surface area contributed by atoms with Crippen molar-refractivity contribution in [2.45, 2.75) is 26.6 Å². The second-order valence-electron chi connectivity index (χ2n) is 5.10. The van der Waals surface area contributed by atoms with E-state index in [0.29, 0.717) is 0 Å². The summed E-state index contributed by atoms with van der Waals surface area (Å²) in [7, 11) is 4.04. The summed E-state index contributed by atoms with van der Waals surface area (Å²) in [4.78, 5) is 6.92. The van der Waals surface area contributed by atoms with Crippen LogP contribution in [0.15, 0.2) is 30.6 Å². The molecule has 0 aliphatic carbocycles. The first-order valence-electron chi connectivity index (χ1n) is 6.99. The normalized spacial score (nSPS) is 11.2. The van der Waals surface area contributed by atoms with Crippen molar-refractivity contribution >= 4 is 0 Å². The van der Waals surface area contributed by atoms with Crippen molar-refractivity contribution in [1.29, 1.82) is 0 Å². The van der Waals surface area contributed by atoms with Gasteiger partial charge < -0.3 is 5.32 Å². The predicted molar refractivity (Wildman–Crippen MR) is 80.0 cm³/mol. The Hall–Kier alpha value is -1.72. The molecule has 0 spiro atoms. The van der Waals surface area contributed by atoms with Crippen molar-refractivity contribution < 1.29 is 0 Å². The molecule has 0 aromatic carbocycles. The smallest absolute Gasteiger partial charge is 0.0547 e.